The number of sulfone groups is 1. The summed E-state index contributed by atoms with van der Waals surface area (Å²) in [4.78, 5) is 22.6. The predicted octanol–water partition coefficient (Wildman–Crippen LogP) is 2.75. The zero-order valence-electron chi connectivity index (χ0n) is 16.4. The van der Waals surface area contributed by atoms with Crippen LogP contribution in [0.1, 0.15) is 24.8 Å². The molecule has 0 bridgehead atoms. The molecule has 15 heteroatoms. The standard InChI is InChI=1S/C18H15F6N3O5S/c19-17(20,21)11-3-1-2-4-12(11)33(30,31)10-7-13(27(8-10)14(28)18(22,23)24)32-15(29)26-16(9-25)5-6-16/h1-4,10,13H,5-8H2,(H,26,29)/t10-,13+/m1/s1. The number of alkyl carbamates (subject to hydrolysis) is 1. The van der Waals surface area contributed by atoms with Crippen LogP contribution in [0.5, 0.6) is 0 Å². The van der Waals surface area contributed by atoms with Gasteiger partial charge in [-0.1, -0.05) is 12.1 Å². The normalized spacial score (nSPS) is 22.4. The summed E-state index contributed by atoms with van der Waals surface area (Å²) in [6, 6.07) is 4.86. The molecule has 2 aliphatic rings. The van der Waals surface area contributed by atoms with E-state index in [9.17, 15) is 44.3 Å². The molecule has 1 aromatic carbocycles. The molecule has 0 radical (unpaired) electrons. The van der Waals surface area contributed by atoms with Gasteiger partial charge in [0.1, 0.15) is 5.54 Å². The van der Waals surface area contributed by atoms with Crippen molar-refractivity contribution in [2.75, 3.05) is 6.54 Å². The highest BCUT2D eigenvalue weighted by molar-refractivity contribution is 7.92. The van der Waals surface area contributed by atoms with Gasteiger partial charge in [-0.05, 0) is 25.0 Å². The number of nitriles is 1. The molecule has 1 N–H and O–H groups in total. The molecule has 180 valence electrons. The highest BCUT2D eigenvalue weighted by Crippen LogP contribution is 2.39. The summed E-state index contributed by atoms with van der Waals surface area (Å²) < 4.78 is 110. The summed E-state index contributed by atoms with van der Waals surface area (Å²) >= 11 is 0. The summed E-state index contributed by atoms with van der Waals surface area (Å²) in [6.07, 6.45) is -14.3. The molecule has 0 spiro atoms. The molecule has 3 rings (SSSR count). The van der Waals surface area contributed by atoms with E-state index in [1.807, 2.05) is 0 Å². The van der Waals surface area contributed by atoms with E-state index in [4.69, 9.17) is 10.00 Å². The lowest BCUT2D eigenvalue weighted by Crippen LogP contribution is -2.47. The van der Waals surface area contributed by atoms with Crippen LogP contribution in [0, 0.1) is 11.3 Å². The molecule has 0 unspecified atom stereocenters. The number of carbonyl (C=O) groups is 2. The summed E-state index contributed by atoms with van der Waals surface area (Å²) in [5, 5.41) is 9.17. The van der Waals surface area contributed by atoms with Gasteiger partial charge in [-0.3, -0.25) is 9.69 Å². The maximum atomic E-state index is 13.3. The van der Waals surface area contributed by atoms with Crippen LogP contribution in [0.15, 0.2) is 29.2 Å². The molecular formula is C18H15F6N3O5S. The maximum Gasteiger partial charge on any atom is 0.471 e. The predicted molar refractivity (Wildman–Crippen MR) is 95.8 cm³/mol. The molecule has 1 aromatic rings. The third-order valence-corrected chi connectivity index (χ3v) is 7.39. The molecule has 8 nitrogen and oxygen atoms in total. The van der Waals surface area contributed by atoms with Crippen LogP contribution in [0.4, 0.5) is 31.1 Å². The van der Waals surface area contributed by atoms with E-state index in [2.05, 4.69) is 5.32 Å². The number of hydrogen-bond acceptors (Lipinski definition) is 6. The number of rotatable bonds is 4. The highest BCUT2D eigenvalue weighted by Gasteiger charge is 2.53. The van der Waals surface area contributed by atoms with Crippen molar-refractivity contribution >= 4 is 21.8 Å². The Balaban J connectivity index is 1.91. The SMILES string of the molecule is N#CC1(NC(=O)O[C@H]2C[C@@H](S(=O)(=O)c3ccccc3C(F)(F)F)CN2C(=O)C(F)(F)F)CC1. The number of likely N-dealkylation sites (tertiary alicyclic amines) is 1. The van der Waals surface area contributed by atoms with Gasteiger partial charge < -0.3 is 10.1 Å². The number of carbonyl (C=O) groups excluding carboxylic acids is 2. The number of benzene rings is 1. The van der Waals surface area contributed by atoms with E-state index in [1.54, 1.807) is 6.07 Å². The summed E-state index contributed by atoms with van der Waals surface area (Å²) in [5.74, 6) is -2.52. The summed E-state index contributed by atoms with van der Waals surface area (Å²) in [7, 11) is -4.91. The largest absolute Gasteiger partial charge is 0.471 e. The van der Waals surface area contributed by atoms with Gasteiger partial charge in [-0.25, -0.2) is 13.2 Å². The second-order valence-corrected chi connectivity index (χ2v) is 9.73. The van der Waals surface area contributed by atoms with E-state index in [-0.39, 0.29) is 17.7 Å². The van der Waals surface area contributed by atoms with Crippen LogP contribution in [-0.4, -0.2) is 55.1 Å². The Morgan fingerprint density at radius 2 is 1.76 bits per heavy atom. The number of nitrogens with zero attached hydrogens (tertiary/aromatic N) is 2. The lowest BCUT2D eigenvalue weighted by Gasteiger charge is -2.25. The molecule has 2 fully saturated rings. The van der Waals surface area contributed by atoms with Crippen LogP contribution in [0.3, 0.4) is 0 Å². The molecular weight excluding hydrogens is 484 g/mol. The molecule has 1 aliphatic heterocycles. The van der Waals surface area contributed by atoms with Crippen molar-refractivity contribution in [3.05, 3.63) is 29.8 Å². The maximum absolute atomic E-state index is 13.3. The number of alkyl halides is 6. The third-order valence-electron chi connectivity index (χ3n) is 5.20. The summed E-state index contributed by atoms with van der Waals surface area (Å²) in [6.45, 7) is -1.16. The van der Waals surface area contributed by atoms with Crippen molar-refractivity contribution in [2.45, 2.75) is 53.5 Å². The van der Waals surface area contributed by atoms with E-state index in [0.29, 0.717) is 12.1 Å². The number of hydrogen-bond donors (Lipinski definition) is 1. The molecule has 1 saturated carbocycles. The van der Waals surface area contributed by atoms with E-state index >= 15 is 0 Å². The van der Waals surface area contributed by atoms with E-state index < -0.39 is 74.6 Å². The van der Waals surface area contributed by atoms with E-state index in [1.165, 1.54) is 0 Å². The topological polar surface area (TPSA) is 117 Å². The smallest absolute Gasteiger partial charge is 0.425 e. The van der Waals surface area contributed by atoms with Crippen LogP contribution in [-0.2, 0) is 25.5 Å². The Labute approximate surface area is 183 Å². The van der Waals surface area contributed by atoms with Crippen LogP contribution in [0.25, 0.3) is 0 Å². The first kappa shape index (κ1) is 24.6. The Kier molecular flexibility index (Phi) is 6.03. The molecule has 2 amide bonds. The molecule has 0 aromatic heterocycles. The zero-order valence-corrected chi connectivity index (χ0v) is 17.2. The lowest BCUT2D eigenvalue weighted by molar-refractivity contribution is -0.191. The molecule has 1 heterocycles. The van der Waals surface area contributed by atoms with Crippen LogP contribution in [0.2, 0.25) is 0 Å². The van der Waals surface area contributed by atoms with Crippen molar-refractivity contribution in [3.63, 3.8) is 0 Å². The Hall–Kier alpha value is -3.02. The van der Waals surface area contributed by atoms with Gasteiger partial charge in [0.2, 0.25) is 0 Å². The third kappa shape index (κ3) is 5.00. The number of amides is 2. The highest BCUT2D eigenvalue weighted by atomic mass is 32.2. The van der Waals surface area contributed by atoms with E-state index in [0.717, 1.165) is 12.1 Å². The van der Waals surface area contributed by atoms with Crippen molar-refractivity contribution in [1.29, 1.82) is 5.26 Å². The summed E-state index contributed by atoms with van der Waals surface area (Å²) in [5.41, 5.74) is -2.79. The average Bonchev–Trinajstić information content (AvgIpc) is 3.35. The fourth-order valence-corrected chi connectivity index (χ4v) is 5.24. The number of ether oxygens (including phenoxy) is 1. The van der Waals surface area contributed by atoms with Crippen molar-refractivity contribution in [3.8, 4) is 6.07 Å². The molecule has 1 aliphatic carbocycles. The van der Waals surface area contributed by atoms with Gasteiger partial charge in [0.25, 0.3) is 0 Å². The van der Waals surface area contributed by atoms with Crippen LogP contribution < -0.4 is 5.32 Å². The fraction of sp³-hybridized carbons (Fsp3) is 0.500. The molecule has 1 saturated heterocycles. The Morgan fingerprint density at radius 3 is 2.27 bits per heavy atom. The first-order valence-corrected chi connectivity index (χ1v) is 10.8. The van der Waals surface area contributed by atoms with Gasteiger partial charge in [0, 0.05) is 13.0 Å². The minimum absolute atomic E-state index is 0.0655. The van der Waals surface area contributed by atoms with Gasteiger partial charge in [0.15, 0.2) is 16.1 Å². The second-order valence-electron chi connectivity index (χ2n) is 7.53. The minimum Gasteiger partial charge on any atom is -0.425 e. The first-order valence-electron chi connectivity index (χ1n) is 9.29. The lowest BCUT2D eigenvalue weighted by atomic mass is 10.2. The van der Waals surface area contributed by atoms with Crippen molar-refractivity contribution < 1.29 is 49.1 Å². The average molecular weight is 499 g/mol. The molecule has 33 heavy (non-hydrogen) atoms. The minimum atomic E-state index is -5.47. The number of nitrogens with one attached hydrogen (secondary N) is 1. The van der Waals surface area contributed by atoms with Crippen LogP contribution >= 0.6 is 0 Å². The van der Waals surface area contributed by atoms with Gasteiger partial charge in [-0.2, -0.15) is 31.6 Å². The molecule has 2 atom stereocenters. The zero-order chi connectivity index (χ0) is 24.8. The number of halogens is 6. The van der Waals surface area contributed by atoms with Gasteiger partial charge in [-0.15, -0.1) is 0 Å². The van der Waals surface area contributed by atoms with Gasteiger partial charge >= 0.3 is 24.4 Å². The Morgan fingerprint density at radius 1 is 1.15 bits per heavy atom. The fourth-order valence-electron chi connectivity index (χ4n) is 3.34. The van der Waals surface area contributed by atoms with Crippen molar-refractivity contribution in [1.82, 2.24) is 10.2 Å². The first-order chi connectivity index (χ1) is 15.1. The van der Waals surface area contributed by atoms with Crippen molar-refractivity contribution in [2.24, 2.45) is 0 Å². The van der Waals surface area contributed by atoms with Gasteiger partial charge in [0.05, 0.1) is 21.8 Å². The monoisotopic (exact) mass is 499 g/mol. The Bertz CT molecular complexity index is 1110. The quantitative estimate of drug-likeness (QED) is 0.637. The second kappa shape index (κ2) is 8.08.